The number of aliphatic imine (C=N–C) groups is 1. The van der Waals surface area contributed by atoms with E-state index in [-0.39, 0.29) is 35.3 Å². The molecule has 1 aromatic heterocycles. The molecule has 2 aromatic rings. The van der Waals surface area contributed by atoms with Crippen molar-refractivity contribution in [1.82, 2.24) is 20.5 Å². The average molecular weight is 511 g/mol. The Morgan fingerprint density at radius 3 is 2.62 bits per heavy atom. The SMILES string of the molecule is CN=C(NCCc1c[nH]c2cccc(C)c12)NCC1(C(=O)N(C)C)CCCC1.I. The molecule has 1 amide bonds. The number of halogens is 1. The number of H-pyrrole nitrogens is 1. The van der Waals surface area contributed by atoms with Crippen molar-refractivity contribution >= 4 is 46.7 Å². The van der Waals surface area contributed by atoms with Gasteiger partial charge in [0.2, 0.25) is 5.91 Å². The maximum absolute atomic E-state index is 12.7. The van der Waals surface area contributed by atoms with Gasteiger partial charge in [-0.05, 0) is 43.4 Å². The molecule has 0 unspecified atom stereocenters. The van der Waals surface area contributed by atoms with Crippen LogP contribution in [0.1, 0.15) is 36.8 Å². The summed E-state index contributed by atoms with van der Waals surface area (Å²) in [5, 5.41) is 8.12. The number of hydrogen-bond acceptors (Lipinski definition) is 2. The van der Waals surface area contributed by atoms with Crippen molar-refractivity contribution in [1.29, 1.82) is 0 Å². The van der Waals surface area contributed by atoms with Gasteiger partial charge < -0.3 is 20.5 Å². The molecule has 0 saturated heterocycles. The molecule has 6 nitrogen and oxygen atoms in total. The first-order chi connectivity index (χ1) is 13.5. The molecule has 3 N–H and O–H groups in total. The van der Waals surface area contributed by atoms with E-state index in [4.69, 9.17) is 0 Å². The standard InChI is InChI=1S/C22H33N5O.HI/c1-16-8-7-9-18-19(16)17(14-25-18)10-13-24-21(23-2)26-15-22(11-5-6-12-22)20(28)27(3)4;/h7-9,14,25H,5-6,10-13,15H2,1-4H3,(H2,23,24,26);1H. The van der Waals surface area contributed by atoms with E-state index in [1.54, 1.807) is 11.9 Å². The van der Waals surface area contributed by atoms with E-state index in [2.05, 4.69) is 51.9 Å². The lowest BCUT2D eigenvalue weighted by molar-refractivity contribution is -0.138. The van der Waals surface area contributed by atoms with Crippen LogP contribution >= 0.6 is 24.0 Å². The summed E-state index contributed by atoms with van der Waals surface area (Å²) in [5.41, 5.74) is 3.49. The lowest BCUT2D eigenvalue weighted by Crippen LogP contribution is -2.49. The number of benzene rings is 1. The van der Waals surface area contributed by atoms with Crippen LogP contribution in [0.2, 0.25) is 0 Å². The summed E-state index contributed by atoms with van der Waals surface area (Å²) in [6.07, 6.45) is 7.14. The van der Waals surface area contributed by atoms with E-state index < -0.39 is 0 Å². The molecule has 1 saturated carbocycles. The molecule has 0 bridgehead atoms. The highest BCUT2D eigenvalue weighted by atomic mass is 127. The Balaban J connectivity index is 0.00000300. The third kappa shape index (κ3) is 5.24. The van der Waals surface area contributed by atoms with Crippen molar-refractivity contribution in [3.05, 3.63) is 35.5 Å². The Morgan fingerprint density at radius 2 is 1.97 bits per heavy atom. The molecule has 0 spiro atoms. The maximum atomic E-state index is 12.7. The average Bonchev–Trinajstić information content (AvgIpc) is 3.32. The number of fused-ring (bicyclic) bond motifs is 1. The number of rotatable bonds is 6. The fraction of sp³-hybridized carbons (Fsp3) is 0.545. The lowest BCUT2D eigenvalue weighted by atomic mass is 9.84. The molecule has 7 heteroatoms. The summed E-state index contributed by atoms with van der Waals surface area (Å²) in [7, 11) is 5.47. The first-order valence-electron chi connectivity index (χ1n) is 10.2. The number of nitrogens with one attached hydrogen (secondary N) is 3. The quantitative estimate of drug-likeness (QED) is 0.316. The highest BCUT2D eigenvalue weighted by Gasteiger charge is 2.42. The predicted molar refractivity (Wildman–Crippen MR) is 131 cm³/mol. The number of aryl methyl sites for hydroxylation is 1. The number of carbonyl (C=O) groups excluding carboxylic acids is 1. The van der Waals surface area contributed by atoms with Crippen LogP contribution in [0.4, 0.5) is 0 Å². The van der Waals surface area contributed by atoms with Gasteiger partial charge in [0.1, 0.15) is 0 Å². The largest absolute Gasteiger partial charge is 0.361 e. The Kier molecular flexibility index (Phi) is 8.36. The molecule has 0 radical (unpaired) electrons. The summed E-state index contributed by atoms with van der Waals surface area (Å²) in [4.78, 5) is 22.1. The number of carbonyl (C=O) groups is 1. The maximum Gasteiger partial charge on any atom is 0.230 e. The number of aromatic amines is 1. The fourth-order valence-corrected chi connectivity index (χ4v) is 4.43. The van der Waals surface area contributed by atoms with Gasteiger partial charge >= 0.3 is 0 Å². The van der Waals surface area contributed by atoms with Crippen LogP contribution in [0.5, 0.6) is 0 Å². The topological polar surface area (TPSA) is 72.5 Å². The lowest BCUT2D eigenvalue weighted by Gasteiger charge is -2.31. The van der Waals surface area contributed by atoms with E-state index in [9.17, 15) is 4.79 Å². The highest BCUT2D eigenvalue weighted by molar-refractivity contribution is 14.0. The minimum absolute atomic E-state index is 0. The predicted octanol–water partition coefficient (Wildman–Crippen LogP) is 3.45. The van der Waals surface area contributed by atoms with Gasteiger partial charge in [0.05, 0.1) is 5.41 Å². The van der Waals surface area contributed by atoms with Gasteiger partial charge in [-0.25, -0.2) is 0 Å². The van der Waals surface area contributed by atoms with Crippen molar-refractivity contribution in [2.75, 3.05) is 34.2 Å². The fourth-order valence-electron chi connectivity index (χ4n) is 4.43. The molecule has 0 aliphatic heterocycles. The van der Waals surface area contributed by atoms with Crippen LogP contribution in [-0.4, -0.2) is 56.0 Å². The Bertz CT molecular complexity index is 852. The summed E-state index contributed by atoms with van der Waals surface area (Å²) < 4.78 is 0. The van der Waals surface area contributed by atoms with E-state index in [1.807, 2.05) is 14.1 Å². The molecule has 160 valence electrons. The van der Waals surface area contributed by atoms with Crippen molar-refractivity contribution in [3.8, 4) is 0 Å². The molecule has 29 heavy (non-hydrogen) atoms. The van der Waals surface area contributed by atoms with Gasteiger partial charge in [-0.15, -0.1) is 24.0 Å². The number of guanidine groups is 1. The second kappa shape index (κ2) is 10.3. The first-order valence-corrected chi connectivity index (χ1v) is 10.2. The molecular formula is C22H34IN5O. The summed E-state index contributed by atoms with van der Waals surface area (Å²) in [6, 6.07) is 6.34. The van der Waals surface area contributed by atoms with Gasteiger partial charge in [0, 0.05) is 51.3 Å². The van der Waals surface area contributed by atoms with E-state index >= 15 is 0 Å². The molecule has 1 fully saturated rings. The molecule has 1 aliphatic rings. The van der Waals surface area contributed by atoms with E-state index in [0.29, 0.717) is 6.54 Å². The van der Waals surface area contributed by atoms with Crippen LogP contribution < -0.4 is 10.6 Å². The first kappa shape index (κ1) is 23.5. The van der Waals surface area contributed by atoms with Crippen LogP contribution in [0.3, 0.4) is 0 Å². The third-order valence-corrected chi connectivity index (χ3v) is 5.92. The van der Waals surface area contributed by atoms with Crippen LogP contribution in [-0.2, 0) is 11.2 Å². The van der Waals surface area contributed by atoms with Gasteiger partial charge in [0.25, 0.3) is 0 Å². The van der Waals surface area contributed by atoms with Crippen molar-refractivity contribution in [3.63, 3.8) is 0 Å². The van der Waals surface area contributed by atoms with Gasteiger partial charge in [-0.2, -0.15) is 0 Å². The number of amides is 1. The molecule has 1 aliphatic carbocycles. The van der Waals surface area contributed by atoms with Crippen molar-refractivity contribution < 1.29 is 4.79 Å². The third-order valence-electron chi connectivity index (χ3n) is 5.92. The molecular weight excluding hydrogens is 477 g/mol. The second-order valence-electron chi connectivity index (χ2n) is 8.10. The minimum atomic E-state index is -0.297. The monoisotopic (exact) mass is 511 g/mol. The Labute approximate surface area is 190 Å². The number of nitrogens with zero attached hydrogens (tertiary/aromatic N) is 2. The smallest absolute Gasteiger partial charge is 0.230 e. The second-order valence-corrected chi connectivity index (χ2v) is 8.10. The van der Waals surface area contributed by atoms with Gasteiger partial charge in [-0.3, -0.25) is 9.79 Å². The van der Waals surface area contributed by atoms with Crippen LogP contribution in [0, 0.1) is 12.3 Å². The van der Waals surface area contributed by atoms with Gasteiger partial charge in [-0.1, -0.05) is 25.0 Å². The number of aromatic nitrogens is 1. The molecule has 0 atom stereocenters. The number of hydrogen-bond donors (Lipinski definition) is 3. The van der Waals surface area contributed by atoms with Crippen molar-refractivity contribution in [2.45, 2.75) is 39.0 Å². The summed E-state index contributed by atoms with van der Waals surface area (Å²) in [6.45, 7) is 3.57. The zero-order chi connectivity index (χ0) is 20.1. The zero-order valence-corrected chi connectivity index (χ0v) is 20.3. The molecule has 1 aromatic carbocycles. The zero-order valence-electron chi connectivity index (χ0n) is 18.0. The Morgan fingerprint density at radius 1 is 1.24 bits per heavy atom. The highest BCUT2D eigenvalue weighted by Crippen LogP contribution is 2.38. The summed E-state index contributed by atoms with van der Waals surface area (Å²) in [5.74, 6) is 0.983. The minimum Gasteiger partial charge on any atom is -0.361 e. The van der Waals surface area contributed by atoms with Crippen LogP contribution in [0.25, 0.3) is 10.9 Å². The molecule has 1 heterocycles. The summed E-state index contributed by atoms with van der Waals surface area (Å²) >= 11 is 0. The normalized spacial score (nSPS) is 15.8. The molecule has 3 rings (SSSR count). The van der Waals surface area contributed by atoms with E-state index in [1.165, 1.54) is 22.0 Å². The van der Waals surface area contributed by atoms with Crippen LogP contribution in [0.15, 0.2) is 29.4 Å². The van der Waals surface area contributed by atoms with Crippen molar-refractivity contribution in [2.24, 2.45) is 10.4 Å². The Hall–Kier alpha value is -1.77. The van der Waals surface area contributed by atoms with Gasteiger partial charge in [0.15, 0.2) is 5.96 Å². The van der Waals surface area contributed by atoms with E-state index in [0.717, 1.165) is 44.6 Å².